The van der Waals surface area contributed by atoms with Crippen molar-refractivity contribution in [1.82, 2.24) is 25.0 Å². The monoisotopic (exact) mass is 347 g/mol. The molecule has 2 saturated carbocycles. The van der Waals surface area contributed by atoms with E-state index in [9.17, 15) is 9.59 Å². The normalized spacial score (nSPS) is 24.4. The number of rotatable bonds is 4. The number of nitrogens with zero attached hydrogens (tertiary/aromatic N) is 3. The Kier molecular flexibility index (Phi) is 4.81. The summed E-state index contributed by atoms with van der Waals surface area (Å²) in [4.78, 5) is 24.7. The van der Waals surface area contributed by atoms with Gasteiger partial charge in [0.2, 0.25) is 0 Å². The molecule has 4 rings (SSSR count). The van der Waals surface area contributed by atoms with Crippen LogP contribution in [0, 0.1) is 5.92 Å². The largest absolute Gasteiger partial charge is 0.345 e. The quantitative estimate of drug-likeness (QED) is 0.871. The molecule has 138 valence electrons. The maximum atomic E-state index is 12.5. The minimum atomic E-state index is -0.0532. The van der Waals surface area contributed by atoms with Gasteiger partial charge in [-0.25, -0.2) is 14.3 Å². The molecule has 2 amide bonds. The average Bonchev–Trinajstić information content (AvgIpc) is 3.39. The molecule has 1 aliphatic heterocycles. The fourth-order valence-corrected chi connectivity index (χ4v) is 4.10. The predicted molar refractivity (Wildman–Crippen MR) is 94.5 cm³/mol. The molecule has 2 N–H and O–H groups in total. The first-order valence-electron chi connectivity index (χ1n) is 9.92. The van der Waals surface area contributed by atoms with Crippen LogP contribution in [-0.4, -0.2) is 32.5 Å². The fraction of sp³-hybridized carbons (Fsp3) is 0.833. The van der Waals surface area contributed by atoms with Gasteiger partial charge in [0.25, 0.3) is 0 Å². The van der Waals surface area contributed by atoms with Crippen LogP contribution in [-0.2, 0) is 19.5 Å². The van der Waals surface area contributed by atoms with Crippen molar-refractivity contribution in [3.05, 3.63) is 16.3 Å². The van der Waals surface area contributed by atoms with Crippen molar-refractivity contribution >= 4 is 6.03 Å². The van der Waals surface area contributed by atoms with Gasteiger partial charge in [-0.15, -0.1) is 0 Å². The van der Waals surface area contributed by atoms with Gasteiger partial charge >= 0.3 is 11.7 Å². The minimum absolute atomic E-state index is 0.0224. The first-order valence-corrected chi connectivity index (χ1v) is 9.92. The SMILES string of the molecule is O=C(NC1CCCCC1)NC1CCc2nn(CC3CC3)c(=O)n2CC1. The molecular formula is C18H29N5O2. The molecule has 0 radical (unpaired) electrons. The van der Waals surface area contributed by atoms with Crippen LogP contribution >= 0.6 is 0 Å². The molecular weight excluding hydrogens is 318 g/mol. The van der Waals surface area contributed by atoms with Gasteiger partial charge < -0.3 is 10.6 Å². The highest BCUT2D eigenvalue weighted by molar-refractivity contribution is 5.74. The second-order valence-electron chi connectivity index (χ2n) is 7.95. The molecule has 7 nitrogen and oxygen atoms in total. The van der Waals surface area contributed by atoms with Crippen molar-refractivity contribution in [1.29, 1.82) is 0 Å². The Morgan fingerprint density at radius 2 is 1.72 bits per heavy atom. The molecule has 3 aliphatic rings. The molecule has 1 unspecified atom stereocenters. The van der Waals surface area contributed by atoms with Crippen LogP contribution in [0.2, 0.25) is 0 Å². The number of hydrogen-bond donors (Lipinski definition) is 2. The Bertz CT molecular complexity index is 669. The van der Waals surface area contributed by atoms with E-state index in [1.807, 2.05) is 4.57 Å². The first-order chi connectivity index (χ1) is 12.2. The summed E-state index contributed by atoms with van der Waals surface area (Å²) in [6, 6.07) is 0.383. The maximum Gasteiger partial charge on any atom is 0.345 e. The summed E-state index contributed by atoms with van der Waals surface area (Å²) < 4.78 is 3.46. The number of hydrogen-bond acceptors (Lipinski definition) is 3. The van der Waals surface area contributed by atoms with Crippen LogP contribution in [0.5, 0.6) is 0 Å². The lowest BCUT2D eigenvalue weighted by Gasteiger charge is -2.24. The lowest BCUT2D eigenvalue weighted by Crippen LogP contribution is -2.47. The fourth-order valence-electron chi connectivity index (χ4n) is 4.10. The molecule has 2 heterocycles. The van der Waals surface area contributed by atoms with Crippen LogP contribution in [0.25, 0.3) is 0 Å². The van der Waals surface area contributed by atoms with Gasteiger partial charge in [-0.3, -0.25) is 4.57 Å². The number of aryl methyl sites for hydroxylation is 1. The van der Waals surface area contributed by atoms with Crippen LogP contribution in [0.3, 0.4) is 0 Å². The first kappa shape index (κ1) is 16.7. The van der Waals surface area contributed by atoms with E-state index >= 15 is 0 Å². The molecule has 2 aliphatic carbocycles. The third-order valence-corrected chi connectivity index (χ3v) is 5.82. The zero-order chi connectivity index (χ0) is 17.2. The van der Waals surface area contributed by atoms with Crippen LogP contribution in [0.4, 0.5) is 4.79 Å². The van der Waals surface area contributed by atoms with E-state index in [0.29, 0.717) is 18.5 Å². The summed E-state index contributed by atoms with van der Waals surface area (Å²) in [5.74, 6) is 1.53. The third kappa shape index (κ3) is 4.07. The van der Waals surface area contributed by atoms with Crippen molar-refractivity contribution in [3.63, 3.8) is 0 Å². The molecule has 0 bridgehead atoms. The van der Waals surface area contributed by atoms with Gasteiger partial charge in [-0.05, 0) is 44.4 Å². The van der Waals surface area contributed by atoms with E-state index in [1.165, 1.54) is 32.1 Å². The number of nitrogens with one attached hydrogen (secondary N) is 2. The lowest BCUT2D eigenvalue weighted by molar-refractivity contribution is 0.227. The van der Waals surface area contributed by atoms with E-state index in [0.717, 1.165) is 44.5 Å². The number of fused-ring (bicyclic) bond motifs is 1. The maximum absolute atomic E-state index is 12.5. The standard InChI is InChI=1S/C18H29N5O2/c24-17(19-14-4-2-1-3-5-14)20-15-8-9-16-21-23(12-13-6-7-13)18(25)22(16)11-10-15/h13-15H,1-12H2,(H2,19,20,24). The summed E-state index contributed by atoms with van der Waals surface area (Å²) >= 11 is 0. The Morgan fingerprint density at radius 3 is 2.44 bits per heavy atom. The van der Waals surface area contributed by atoms with E-state index in [1.54, 1.807) is 4.68 Å². The second-order valence-corrected chi connectivity index (χ2v) is 7.95. The summed E-state index contributed by atoms with van der Waals surface area (Å²) in [6.45, 7) is 1.41. The molecule has 2 fully saturated rings. The number of carbonyl (C=O) groups is 1. The zero-order valence-corrected chi connectivity index (χ0v) is 14.9. The van der Waals surface area contributed by atoms with E-state index in [4.69, 9.17) is 0 Å². The van der Waals surface area contributed by atoms with Gasteiger partial charge in [-0.1, -0.05) is 19.3 Å². The lowest BCUT2D eigenvalue weighted by atomic mass is 9.96. The van der Waals surface area contributed by atoms with Crippen LogP contribution in [0.1, 0.15) is 63.6 Å². The van der Waals surface area contributed by atoms with Crippen molar-refractivity contribution in [2.45, 2.75) is 89.4 Å². The molecule has 1 atom stereocenters. The third-order valence-electron chi connectivity index (χ3n) is 5.82. The topological polar surface area (TPSA) is 81.0 Å². The van der Waals surface area contributed by atoms with Gasteiger partial charge in [-0.2, -0.15) is 5.10 Å². The highest BCUT2D eigenvalue weighted by Gasteiger charge is 2.27. The molecule has 1 aromatic heterocycles. The molecule has 0 saturated heterocycles. The molecule has 0 spiro atoms. The molecule has 7 heteroatoms. The number of aromatic nitrogens is 3. The van der Waals surface area contributed by atoms with E-state index < -0.39 is 0 Å². The van der Waals surface area contributed by atoms with E-state index in [2.05, 4.69) is 15.7 Å². The molecule has 0 aromatic carbocycles. The van der Waals surface area contributed by atoms with Gasteiger partial charge in [0.15, 0.2) is 0 Å². The van der Waals surface area contributed by atoms with Crippen molar-refractivity contribution < 1.29 is 4.79 Å². The summed E-state index contributed by atoms with van der Waals surface area (Å²) in [7, 11) is 0. The van der Waals surface area contributed by atoms with Gasteiger partial charge in [0, 0.05) is 31.6 Å². The Balaban J connectivity index is 1.30. The van der Waals surface area contributed by atoms with Gasteiger partial charge in [0.05, 0.1) is 0 Å². The molecule has 25 heavy (non-hydrogen) atoms. The highest BCUT2D eigenvalue weighted by Crippen LogP contribution is 2.30. The smallest absolute Gasteiger partial charge is 0.335 e. The van der Waals surface area contributed by atoms with Gasteiger partial charge in [0.1, 0.15) is 5.82 Å². The number of urea groups is 1. The van der Waals surface area contributed by atoms with Crippen molar-refractivity contribution in [3.8, 4) is 0 Å². The minimum Gasteiger partial charge on any atom is -0.335 e. The predicted octanol–water partition coefficient (Wildman–Crippen LogP) is 1.79. The number of amides is 2. The van der Waals surface area contributed by atoms with Crippen molar-refractivity contribution in [2.75, 3.05) is 0 Å². The summed E-state index contributed by atoms with van der Waals surface area (Å²) in [6.07, 6.45) is 10.7. The zero-order valence-electron chi connectivity index (χ0n) is 14.9. The summed E-state index contributed by atoms with van der Waals surface area (Å²) in [5.41, 5.74) is 0.0224. The van der Waals surface area contributed by atoms with Crippen molar-refractivity contribution in [2.24, 2.45) is 5.92 Å². The summed E-state index contributed by atoms with van der Waals surface area (Å²) in [5, 5.41) is 10.8. The second kappa shape index (κ2) is 7.22. The van der Waals surface area contributed by atoms with Crippen LogP contribution < -0.4 is 16.3 Å². The molecule has 1 aromatic rings. The number of carbonyl (C=O) groups excluding carboxylic acids is 1. The highest BCUT2D eigenvalue weighted by atomic mass is 16.2. The average molecular weight is 347 g/mol. The van der Waals surface area contributed by atoms with Crippen LogP contribution in [0.15, 0.2) is 4.79 Å². The van der Waals surface area contributed by atoms with E-state index in [-0.39, 0.29) is 17.8 Å². The Hall–Kier alpha value is -1.79. The Morgan fingerprint density at radius 1 is 1.00 bits per heavy atom. The Labute approximate surface area is 148 Å².